The molecule has 0 radical (unpaired) electrons. The Morgan fingerprint density at radius 3 is 1.38 bits per heavy atom. The van der Waals surface area contributed by atoms with Crippen molar-refractivity contribution in [3.8, 4) is 0 Å². The lowest BCUT2D eigenvalue weighted by molar-refractivity contribution is 0.722. The van der Waals surface area contributed by atoms with Crippen molar-refractivity contribution >= 4 is 54.5 Å². The lowest BCUT2D eigenvalue weighted by Crippen LogP contribution is -2.43. The van der Waals surface area contributed by atoms with Crippen molar-refractivity contribution in [1.82, 2.24) is 8.83 Å². The van der Waals surface area contributed by atoms with Gasteiger partial charge in [-0.1, -0.05) is 85.9 Å². The topological polar surface area (TPSA) is 30.5 Å². The Hall–Kier alpha value is -3.52. The van der Waals surface area contributed by atoms with Gasteiger partial charge < -0.3 is 0 Å². The van der Waals surface area contributed by atoms with E-state index >= 15 is 0 Å². The lowest BCUT2D eigenvalue weighted by atomic mass is 9.94. The van der Waals surface area contributed by atoms with Gasteiger partial charge in [-0.2, -0.15) is 0 Å². The Balaban J connectivity index is 1.44. The molecule has 0 bridgehead atoms. The predicted molar refractivity (Wildman–Crippen MR) is 169 cm³/mol. The van der Waals surface area contributed by atoms with Crippen molar-refractivity contribution in [2.45, 2.75) is 36.7 Å². The maximum atomic E-state index is 3.78. The van der Waals surface area contributed by atoms with Crippen LogP contribution in [0.4, 0.5) is 11.4 Å². The third-order valence-electron chi connectivity index (χ3n) is 7.53. The fourth-order valence-electron chi connectivity index (χ4n) is 5.74. The quantitative estimate of drug-likeness (QED) is 0.191. The molecule has 0 atom stereocenters. The highest BCUT2D eigenvalue weighted by Crippen LogP contribution is 2.56. The van der Waals surface area contributed by atoms with Gasteiger partial charge in [0.2, 0.25) is 0 Å². The van der Waals surface area contributed by atoms with Crippen LogP contribution in [0.1, 0.15) is 22.3 Å². The molecule has 194 valence electrons. The average molecular weight is 563 g/mol. The van der Waals surface area contributed by atoms with E-state index in [1.54, 1.807) is 23.9 Å². The highest BCUT2D eigenvalue weighted by molar-refractivity contribution is 7.98. The van der Waals surface area contributed by atoms with Crippen LogP contribution in [0, 0.1) is 13.8 Å². The van der Waals surface area contributed by atoms with Crippen LogP contribution in [-0.2, 0) is 0 Å². The summed E-state index contributed by atoms with van der Waals surface area (Å²) in [6.45, 7) is 9.29. The number of nitrogens with zero attached hydrogens (tertiary/aromatic N) is 2. The molecular weight excluding hydrogens is 533 g/mol. The second-order valence-electron chi connectivity index (χ2n) is 10.8. The Labute approximate surface area is 240 Å². The monoisotopic (exact) mass is 562 g/mol. The van der Waals surface area contributed by atoms with Crippen molar-refractivity contribution in [1.29, 1.82) is 0 Å². The summed E-state index contributed by atoms with van der Waals surface area (Å²) < 4.78 is 4.71. The maximum Gasteiger partial charge on any atom is 0.161 e. The smallest absolute Gasteiger partial charge is 0.161 e. The van der Waals surface area contributed by atoms with E-state index in [0.29, 0.717) is 0 Å². The predicted octanol–water partition coefficient (Wildman–Crippen LogP) is 8.93. The number of anilines is 2. The van der Waals surface area contributed by atoms with Crippen LogP contribution >= 0.6 is 23.9 Å². The van der Waals surface area contributed by atoms with E-state index in [1.165, 1.54) is 65.2 Å². The molecule has 3 heterocycles. The van der Waals surface area contributed by atoms with Crippen LogP contribution in [-0.4, -0.2) is 16.9 Å². The summed E-state index contributed by atoms with van der Waals surface area (Å²) in [5.41, 5.74) is 17.6. The van der Waals surface area contributed by atoms with Gasteiger partial charge in [-0.15, -0.1) is 0 Å². The fourth-order valence-corrected chi connectivity index (χ4v) is 12.2. The number of nitrogens with one attached hydrogen (secondary N) is 2. The molecule has 4 nitrogen and oxygen atoms in total. The van der Waals surface area contributed by atoms with E-state index in [-0.39, 0.29) is 0 Å². The SMILES string of the molecule is Cc1ccc2c(c1)NN(C1=C(c3ccccc3)C(c3ccccc3)=C(N3Nc4cc(C)ccc4S3)[Si]1(C)C)S2. The first-order chi connectivity index (χ1) is 18.9. The molecule has 4 aromatic rings. The molecule has 2 N–H and O–H groups in total. The van der Waals surface area contributed by atoms with Gasteiger partial charge in [0.05, 0.1) is 21.2 Å². The van der Waals surface area contributed by atoms with Crippen LogP contribution in [0.15, 0.2) is 117 Å². The van der Waals surface area contributed by atoms with Gasteiger partial charge >= 0.3 is 0 Å². The molecule has 0 aliphatic carbocycles. The molecule has 3 aliphatic rings. The molecule has 3 aliphatic heterocycles. The maximum absolute atomic E-state index is 3.78. The lowest BCUT2D eigenvalue weighted by Gasteiger charge is -2.34. The average Bonchev–Trinajstić information content (AvgIpc) is 3.60. The minimum atomic E-state index is -2.28. The summed E-state index contributed by atoms with van der Waals surface area (Å²) in [5.74, 6) is 0. The first-order valence-electron chi connectivity index (χ1n) is 13.2. The molecule has 0 fully saturated rings. The first-order valence-corrected chi connectivity index (χ1v) is 17.8. The van der Waals surface area contributed by atoms with Crippen molar-refractivity contribution in [3.05, 3.63) is 130 Å². The van der Waals surface area contributed by atoms with E-state index in [2.05, 4.69) is 144 Å². The van der Waals surface area contributed by atoms with Crippen molar-refractivity contribution in [2.24, 2.45) is 0 Å². The van der Waals surface area contributed by atoms with Crippen LogP contribution < -0.4 is 10.9 Å². The molecule has 39 heavy (non-hydrogen) atoms. The van der Waals surface area contributed by atoms with E-state index < -0.39 is 8.07 Å². The largest absolute Gasteiger partial charge is 0.287 e. The molecule has 7 rings (SSSR count). The summed E-state index contributed by atoms with van der Waals surface area (Å²) in [7, 11) is -2.28. The van der Waals surface area contributed by atoms with Gasteiger partial charge in [0.1, 0.15) is 0 Å². The number of hydrogen-bond acceptors (Lipinski definition) is 6. The van der Waals surface area contributed by atoms with Gasteiger partial charge in [0.25, 0.3) is 0 Å². The number of hydrogen-bond donors (Lipinski definition) is 2. The number of benzene rings is 4. The van der Waals surface area contributed by atoms with Crippen molar-refractivity contribution in [3.63, 3.8) is 0 Å². The Morgan fingerprint density at radius 1 is 0.564 bits per heavy atom. The highest BCUT2D eigenvalue weighted by atomic mass is 32.2. The van der Waals surface area contributed by atoms with Crippen LogP contribution in [0.5, 0.6) is 0 Å². The Morgan fingerprint density at radius 2 is 0.974 bits per heavy atom. The van der Waals surface area contributed by atoms with Crippen LogP contribution in [0.3, 0.4) is 0 Å². The van der Waals surface area contributed by atoms with E-state index in [1.807, 2.05) is 0 Å². The zero-order chi connectivity index (χ0) is 26.7. The minimum absolute atomic E-state index is 1.18. The molecular formula is C32H30N4S2Si. The molecule has 0 saturated heterocycles. The number of allylic oxidation sites excluding steroid dienone is 2. The van der Waals surface area contributed by atoms with Gasteiger partial charge in [-0.25, -0.2) is 8.83 Å². The number of aryl methyl sites for hydroxylation is 2. The Kier molecular flexibility index (Phi) is 5.84. The van der Waals surface area contributed by atoms with Gasteiger partial charge in [0.15, 0.2) is 8.07 Å². The summed E-state index contributed by atoms with van der Waals surface area (Å²) in [6.07, 6.45) is 0. The summed E-state index contributed by atoms with van der Waals surface area (Å²) >= 11 is 3.60. The molecule has 0 aromatic heterocycles. The zero-order valence-electron chi connectivity index (χ0n) is 22.4. The number of hydrazine groups is 2. The van der Waals surface area contributed by atoms with Crippen LogP contribution in [0.25, 0.3) is 11.1 Å². The zero-order valence-corrected chi connectivity index (χ0v) is 25.1. The first kappa shape index (κ1) is 24.5. The molecule has 4 aromatic carbocycles. The third-order valence-corrected chi connectivity index (χ3v) is 13.2. The van der Waals surface area contributed by atoms with Gasteiger partial charge in [-0.3, -0.25) is 10.9 Å². The highest BCUT2D eigenvalue weighted by Gasteiger charge is 2.50. The van der Waals surface area contributed by atoms with Gasteiger partial charge in [0, 0.05) is 45.7 Å². The fraction of sp³-hybridized carbons (Fsp3) is 0.125. The summed E-state index contributed by atoms with van der Waals surface area (Å²) in [4.78, 5) is 2.52. The summed E-state index contributed by atoms with van der Waals surface area (Å²) in [6, 6.07) is 35.2. The van der Waals surface area contributed by atoms with Crippen molar-refractivity contribution < 1.29 is 0 Å². The number of fused-ring (bicyclic) bond motifs is 2. The van der Waals surface area contributed by atoms with E-state index in [0.717, 1.165) is 0 Å². The number of rotatable bonds is 4. The molecule has 0 saturated carbocycles. The third kappa shape index (κ3) is 4.07. The molecule has 0 spiro atoms. The molecule has 0 amide bonds. The van der Waals surface area contributed by atoms with E-state index in [4.69, 9.17) is 0 Å². The van der Waals surface area contributed by atoms with Crippen molar-refractivity contribution in [2.75, 3.05) is 10.9 Å². The van der Waals surface area contributed by atoms with E-state index in [9.17, 15) is 0 Å². The minimum Gasteiger partial charge on any atom is -0.287 e. The normalized spacial score (nSPS) is 17.3. The second kappa shape index (κ2) is 9.29. The standard InChI is InChI=1S/C32H30N4S2Si/c1-21-15-17-27-25(19-21)33-35(37-27)31-29(23-11-7-5-8-12-23)30(24-13-9-6-10-14-24)32(39(31,3)4)36-34-26-20-22(2)16-18-28(26)38-36/h5-20,33-34H,1-4H3. The second-order valence-corrected chi connectivity index (χ2v) is 17.0. The van der Waals surface area contributed by atoms with Gasteiger partial charge in [-0.05, 0) is 60.4 Å². The van der Waals surface area contributed by atoms with Crippen LogP contribution in [0.2, 0.25) is 13.1 Å². The Bertz CT molecular complexity index is 1540. The molecule has 7 heteroatoms. The molecule has 0 unspecified atom stereocenters. The summed E-state index contributed by atoms with van der Waals surface area (Å²) in [5, 5.41) is 2.77.